The number of hydrogen-bond donors (Lipinski definition) is 1. The molecule has 2 aromatic carbocycles. The lowest BCUT2D eigenvalue weighted by Crippen LogP contribution is -2.10. The van der Waals surface area contributed by atoms with Gasteiger partial charge in [0.2, 0.25) is 5.91 Å². The molecule has 5 heteroatoms. The second-order valence-electron chi connectivity index (χ2n) is 5.00. The lowest BCUT2D eigenvalue weighted by molar-refractivity contribution is 0.100. The van der Waals surface area contributed by atoms with Crippen LogP contribution in [0.3, 0.4) is 0 Å². The molecule has 2 N–H and O–H groups in total. The van der Waals surface area contributed by atoms with E-state index >= 15 is 0 Å². The van der Waals surface area contributed by atoms with Gasteiger partial charge in [-0.1, -0.05) is 23.7 Å². The molecule has 1 heterocycles. The van der Waals surface area contributed by atoms with Gasteiger partial charge < -0.3 is 5.73 Å². The maximum Gasteiger partial charge on any atom is 0.248 e. The van der Waals surface area contributed by atoms with Crippen LogP contribution in [0.1, 0.15) is 16.1 Å². The Bertz CT molecular complexity index is 820. The van der Waals surface area contributed by atoms with Crippen LogP contribution in [0.15, 0.2) is 54.6 Å². The number of carbonyl (C=O) groups excluding carboxylic acids is 1. The highest BCUT2D eigenvalue weighted by Crippen LogP contribution is 2.25. The zero-order valence-electron chi connectivity index (χ0n) is 12.0. The van der Waals surface area contributed by atoms with Gasteiger partial charge in [0.1, 0.15) is 0 Å². The first-order valence-corrected chi connectivity index (χ1v) is 7.15. The van der Waals surface area contributed by atoms with E-state index in [9.17, 15) is 4.79 Å². The Morgan fingerprint density at radius 3 is 2.32 bits per heavy atom. The third-order valence-corrected chi connectivity index (χ3v) is 3.62. The maximum absolute atomic E-state index is 11.2. The van der Waals surface area contributed by atoms with Crippen molar-refractivity contribution < 1.29 is 4.79 Å². The fraction of sp³-hybridized carbons (Fsp3) is 0.0588. The summed E-state index contributed by atoms with van der Waals surface area (Å²) in [4.78, 5) is 11.2. The van der Waals surface area contributed by atoms with Crippen LogP contribution in [0.25, 0.3) is 16.9 Å². The van der Waals surface area contributed by atoms with Crippen molar-refractivity contribution in [1.82, 2.24) is 9.78 Å². The largest absolute Gasteiger partial charge is 0.366 e. The van der Waals surface area contributed by atoms with E-state index in [0.717, 1.165) is 22.6 Å². The Hall–Kier alpha value is -2.59. The SMILES string of the molecule is Cc1cc(-c2ccc(Cl)cc2)n(-c2ccc(C(N)=O)cc2)n1. The minimum atomic E-state index is -0.443. The van der Waals surface area contributed by atoms with Gasteiger partial charge >= 0.3 is 0 Å². The Labute approximate surface area is 133 Å². The van der Waals surface area contributed by atoms with Gasteiger partial charge in [0, 0.05) is 16.1 Å². The molecule has 0 radical (unpaired) electrons. The predicted octanol–water partition coefficient (Wildman–Crippen LogP) is 3.60. The topological polar surface area (TPSA) is 60.9 Å². The van der Waals surface area contributed by atoms with E-state index in [1.165, 1.54) is 0 Å². The number of halogens is 1. The molecular formula is C17H14ClN3O. The van der Waals surface area contributed by atoms with Gasteiger partial charge in [-0.25, -0.2) is 4.68 Å². The summed E-state index contributed by atoms with van der Waals surface area (Å²) < 4.78 is 1.84. The number of nitrogens with two attached hydrogens (primary N) is 1. The van der Waals surface area contributed by atoms with Crippen molar-refractivity contribution in [2.45, 2.75) is 6.92 Å². The summed E-state index contributed by atoms with van der Waals surface area (Å²) in [7, 11) is 0. The van der Waals surface area contributed by atoms with E-state index < -0.39 is 5.91 Å². The minimum Gasteiger partial charge on any atom is -0.366 e. The van der Waals surface area contributed by atoms with Gasteiger partial charge in [-0.2, -0.15) is 5.10 Å². The highest BCUT2D eigenvalue weighted by atomic mass is 35.5. The molecule has 3 rings (SSSR count). The number of aryl methyl sites for hydroxylation is 1. The molecule has 1 amide bonds. The Kier molecular flexibility index (Phi) is 3.69. The molecule has 3 aromatic rings. The van der Waals surface area contributed by atoms with Crippen LogP contribution >= 0.6 is 11.6 Å². The highest BCUT2D eigenvalue weighted by molar-refractivity contribution is 6.30. The summed E-state index contributed by atoms with van der Waals surface area (Å²) in [5.74, 6) is -0.443. The van der Waals surface area contributed by atoms with Crippen LogP contribution in [-0.2, 0) is 0 Å². The zero-order chi connectivity index (χ0) is 15.7. The average molecular weight is 312 g/mol. The second kappa shape index (κ2) is 5.66. The van der Waals surface area contributed by atoms with Gasteiger partial charge in [-0.05, 0) is 49.4 Å². The minimum absolute atomic E-state index is 0.443. The summed E-state index contributed by atoms with van der Waals surface area (Å²) >= 11 is 5.94. The number of amides is 1. The van der Waals surface area contributed by atoms with Crippen molar-refractivity contribution in [2.75, 3.05) is 0 Å². The highest BCUT2D eigenvalue weighted by Gasteiger charge is 2.10. The van der Waals surface area contributed by atoms with Gasteiger partial charge in [0.25, 0.3) is 0 Å². The van der Waals surface area contributed by atoms with Gasteiger partial charge in [-0.15, -0.1) is 0 Å². The lowest BCUT2D eigenvalue weighted by atomic mass is 10.1. The molecule has 0 fully saturated rings. The molecular weight excluding hydrogens is 298 g/mol. The number of benzene rings is 2. The van der Waals surface area contributed by atoms with Crippen LogP contribution in [0.5, 0.6) is 0 Å². The average Bonchev–Trinajstić information content (AvgIpc) is 2.90. The fourth-order valence-electron chi connectivity index (χ4n) is 2.29. The first kappa shape index (κ1) is 14.4. The molecule has 0 saturated heterocycles. The zero-order valence-corrected chi connectivity index (χ0v) is 12.7. The summed E-state index contributed by atoms with van der Waals surface area (Å²) in [6.07, 6.45) is 0. The van der Waals surface area contributed by atoms with Crippen LogP contribution in [0.4, 0.5) is 0 Å². The summed E-state index contributed by atoms with van der Waals surface area (Å²) in [6, 6.07) is 16.6. The quantitative estimate of drug-likeness (QED) is 0.803. The van der Waals surface area contributed by atoms with Crippen molar-refractivity contribution in [1.29, 1.82) is 0 Å². The number of nitrogens with zero attached hydrogens (tertiary/aromatic N) is 2. The molecule has 0 atom stereocenters. The second-order valence-corrected chi connectivity index (χ2v) is 5.44. The molecule has 0 aliphatic rings. The molecule has 1 aromatic heterocycles. The smallest absolute Gasteiger partial charge is 0.248 e. The van der Waals surface area contributed by atoms with Crippen molar-refractivity contribution in [2.24, 2.45) is 5.73 Å². The van der Waals surface area contributed by atoms with Crippen LogP contribution in [0, 0.1) is 6.92 Å². The van der Waals surface area contributed by atoms with Crippen molar-refractivity contribution in [3.05, 3.63) is 70.9 Å². The molecule has 0 unspecified atom stereocenters. The number of carbonyl (C=O) groups is 1. The summed E-state index contributed by atoms with van der Waals surface area (Å²) in [5.41, 5.74) is 9.49. The Balaban J connectivity index is 2.07. The molecule has 110 valence electrons. The first-order valence-electron chi connectivity index (χ1n) is 6.77. The number of hydrogen-bond acceptors (Lipinski definition) is 2. The van der Waals surface area contributed by atoms with Gasteiger partial charge in [0.05, 0.1) is 17.1 Å². The normalized spacial score (nSPS) is 10.6. The number of aromatic nitrogens is 2. The number of rotatable bonds is 3. The maximum atomic E-state index is 11.2. The molecule has 0 aliphatic carbocycles. The van der Waals surface area contributed by atoms with E-state index in [2.05, 4.69) is 5.10 Å². The molecule has 0 saturated carbocycles. The summed E-state index contributed by atoms with van der Waals surface area (Å²) in [5, 5.41) is 5.21. The van der Waals surface area contributed by atoms with E-state index in [1.54, 1.807) is 12.1 Å². The predicted molar refractivity (Wildman–Crippen MR) is 87.3 cm³/mol. The molecule has 22 heavy (non-hydrogen) atoms. The number of primary amides is 1. The van der Waals surface area contributed by atoms with E-state index in [0.29, 0.717) is 10.6 Å². The fourth-order valence-corrected chi connectivity index (χ4v) is 2.42. The van der Waals surface area contributed by atoms with E-state index in [-0.39, 0.29) is 0 Å². The van der Waals surface area contributed by atoms with E-state index in [4.69, 9.17) is 17.3 Å². The standard InChI is InChI=1S/C17H14ClN3O/c1-11-10-16(12-2-6-14(18)7-3-12)21(20-11)15-8-4-13(5-9-15)17(19)22/h2-10H,1H3,(H2,19,22). The van der Waals surface area contributed by atoms with Crippen LogP contribution in [0.2, 0.25) is 5.02 Å². The van der Waals surface area contributed by atoms with Crippen molar-refractivity contribution in [3.8, 4) is 16.9 Å². The van der Waals surface area contributed by atoms with E-state index in [1.807, 2.05) is 54.1 Å². The monoisotopic (exact) mass is 311 g/mol. The molecule has 4 nitrogen and oxygen atoms in total. The van der Waals surface area contributed by atoms with Crippen LogP contribution in [-0.4, -0.2) is 15.7 Å². The lowest BCUT2D eigenvalue weighted by Gasteiger charge is -2.08. The Morgan fingerprint density at radius 2 is 1.73 bits per heavy atom. The molecule has 0 aliphatic heterocycles. The van der Waals surface area contributed by atoms with Crippen molar-refractivity contribution >= 4 is 17.5 Å². The van der Waals surface area contributed by atoms with Gasteiger partial charge in [0.15, 0.2) is 0 Å². The van der Waals surface area contributed by atoms with Crippen molar-refractivity contribution in [3.63, 3.8) is 0 Å². The van der Waals surface area contributed by atoms with Crippen LogP contribution < -0.4 is 5.73 Å². The third-order valence-electron chi connectivity index (χ3n) is 3.37. The first-order chi connectivity index (χ1) is 10.5. The third kappa shape index (κ3) is 2.73. The Morgan fingerprint density at radius 1 is 1.09 bits per heavy atom. The molecule has 0 bridgehead atoms. The van der Waals surface area contributed by atoms with Gasteiger partial charge in [-0.3, -0.25) is 4.79 Å². The molecule has 0 spiro atoms. The summed E-state index contributed by atoms with van der Waals surface area (Å²) in [6.45, 7) is 1.94.